The number of nitrogens with zero attached hydrogens (tertiary/aromatic N) is 3. The minimum atomic E-state index is -0.284. The molecule has 0 fully saturated rings. The number of pyridine rings is 1. The van der Waals surface area contributed by atoms with Crippen LogP contribution in [0.2, 0.25) is 0 Å². The van der Waals surface area contributed by atoms with Crippen molar-refractivity contribution in [1.29, 1.82) is 0 Å². The Hall–Kier alpha value is -3.67. The predicted molar refractivity (Wildman–Crippen MR) is 101 cm³/mol. The summed E-state index contributed by atoms with van der Waals surface area (Å²) in [6.07, 6.45) is 5.24. The third-order valence-electron chi connectivity index (χ3n) is 4.15. The Balaban J connectivity index is 1.82. The maximum atomic E-state index is 13.2. The monoisotopic (exact) mass is 345 g/mol. The first kappa shape index (κ1) is 15.8. The molecule has 0 radical (unpaired) electrons. The lowest BCUT2D eigenvalue weighted by Gasteiger charge is -2.12. The number of benzene rings is 2. The number of nitrogens with two attached hydrogens (primary N) is 2. The molecule has 4 N–H and O–H groups in total. The average Bonchev–Trinajstić information content (AvgIpc) is 3.12. The van der Waals surface area contributed by atoms with Crippen molar-refractivity contribution in [2.45, 2.75) is 0 Å². The molecule has 0 aliphatic carbocycles. The number of nitrogen functional groups attached to an aromatic ring is 2. The number of hydrogen-bond acceptors (Lipinski definition) is 4. The second-order valence-electron chi connectivity index (χ2n) is 5.84. The number of rotatable bonds is 3. The van der Waals surface area contributed by atoms with Crippen LogP contribution in [0.4, 0.5) is 15.8 Å². The molecule has 26 heavy (non-hydrogen) atoms. The summed E-state index contributed by atoms with van der Waals surface area (Å²) in [5.41, 5.74) is 16.4. The molecule has 0 unspecified atom stereocenters. The third-order valence-corrected chi connectivity index (χ3v) is 4.15. The van der Waals surface area contributed by atoms with Gasteiger partial charge in [-0.25, -0.2) is 9.37 Å². The minimum absolute atomic E-state index is 0.284. The molecule has 0 spiro atoms. The molecule has 0 atom stereocenters. The van der Waals surface area contributed by atoms with Crippen molar-refractivity contribution < 1.29 is 4.39 Å². The fraction of sp³-hybridized carbons (Fsp3) is 0. The fourth-order valence-electron chi connectivity index (χ4n) is 2.91. The molecule has 0 bridgehead atoms. The van der Waals surface area contributed by atoms with E-state index >= 15 is 0 Å². The van der Waals surface area contributed by atoms with Crippen LogP contribution in [0.3, 0.4) is 0 Å². The van der Waals surface area contributed by atoms with Crippen molar-refractivity contribution in [2.24, 2.45) is 0 Å². The molecule has 4 rings (SSSR count). The summed E-state index contributed by atoms with van der Waals surface area (Å²) >= 11 is 0. The van der Waals surface area contributed by atoms with Crippen molar-refractivity contribution in [3.05, 3.63) is 79.0 Å². The fourth-order valence-corrected chi connectivity index (χ4v) is 2.91. The molecule has 0 saturated heterocycles. The first-order chi connectivity index (χ1) is 12.6. The van der Waals surface area contributed by atoms with Crippen molar-refractivity contribution in [1.82, 2.24) is 14.5 Å². The lowest BCUT2D eigenvalue weighted by molar-refractivity contribution is 0.628. The normalized spacial score (nSPS) is 10.8. The summed E-state index contributed by atoms with van der Waals surface area (Å²) in [7, 11) is 0. The first-order valence-electron chi connectivity index (χ1n) is 8.03. The van der Waals surface area contributed by atoms with E-state index in [1.54, 1.807) is 42.7 Å². The van der Waals surface area contributed by atoms with E-state index in [1.807, 2.05) is 22.9 Å². The number of hydrogen-bond donors (Lipinski definition) is 2. The molecule has 4 aromatic rings. The van der Waals surface area contributed by atoms with Gasteiger partial charge in [-0.3, -0.25) is 9.55 Å². The van der Waals surface area contributed by atoms with Crippen LogP contribution in [-0.2, 0) is 0 Å². The zero-order valence-corrected chi connectivity index (χ0v) is 13.8. The third kappa shape index (κ3) is 2.77. The maximum Gasteiger partial charge on any atom is 0.144 e. The average molecular weight is 345 g/mol. The lowest BCUT2D eigenvalue weighted by atomic mass is 10.1. The Kier molecular flexibility index (Phi) is 3.85. The second-order valence-corrected chi connectivity index (χ2v) is 5.84. The van der Waals surface area contributed by atoms with Crippen LogP contribution in [0.15, 0.2) is 73.2 Å². The standard InChI is InChI=1S/C20H16FN5/c21-14-6-4-13(5-7-14)20-25-10-11-26(20)15-8-9-24-18(12-15)19-16(22)2-1-3-17(19)23/h1-12H,22-23H2. The van der Waals surface area contributed by atoms with Crippen molar-refractivity contribution in [3.63, 3.8) is 0 Å². The molecule has 2 aromatic heterocycles. The number of aromatic nitrogens is 3. The molecule has 0 saturated carbocycles. The van der Waals surface area contributed by atoms with Crippen LogP contribution in [0.25, 0.3) is 28.3 Å². The van der Waals surface area contributed by atoms with Gasteiger partial charge in [0.15, 0.2) is 0 Å². The van der Waals surface area contributed by atoms with Gasteiger partial charge in [0.1, 0.15) is 11.6 Å². The topological polar surface area (TPSA) is 82.8 Å². The summed E-state index contributed by atoms with van der Waals surface area (Å²) < 4.78 is 15.1. The molecule has 0 amide bonds. The minimum Gasteiger partial charge on any atom is -0.398 e. The first-order valence-corrected chi connectivity index (χ1v) is 8.03. The maximum absolute atomic E-state index is 13.2. The Bertz CT molecular complexity index is 1050. The van der Waals surface area contributed by atoms with E-state index < -0.39 is 0 Å². The van der Waals surface area contributed by atoms with Gasteiger partial charge in [0, 0.05) is 41.1 Å². The largest absolute Gasteiger partial charge is 0.398 e. The van der Waals surface area contributed by atoms with Crippen molar-refractivity contribution in [3.8, 4) is 28.3 Å². The van der Waals surface area contributed by atoms with Crippen LogP contribution in [0.1, 0.15) is 0 Å². The Morgan fingerprint density at radius 2 is 1.58 bits per heavy atom. The molecule has 0 aliphatic heterocycles. The molecular weight excluding hydrogens is 329 g/mol. The van der Waals surface area contributed by atoms with Crippen LogP contribution < -0.4 is 11.5 Å². The highest BCUT2D eigenvalue weighted by atomic mass is 19.1. The summed E-state index contributed by atoms with van der Waals surface area (Å²) in [5.74, 6) is 0.421. The molecule has 0 aliphatic rings. The van der Waals surface area contributed by atoms with Gasteiger partial charge in [-0.2, -0.15) is 0 Å². The quantitative estimate of drug-likeness (QED) is 0.552. The van der Waals surface area contributed by atoms with Gasteiger partial charge in [-0.05, 0) is 48.5 Å². The molecule has 5 nitrogen and oxygen atoms in total. The van der Waals surface area contributed by atoms with Crippen molar-refractivity contribution in [2.75, 3.05) is 11.5 Å². The molecule has 6 heteroatoms. The second kappa shape index (κ2) is 6.33. The van der Waals surface area contributed by atoms with E-state index in [2.05, 4.69) is 9.97 Å². The molecule has 2 aromatic carbocycles. The molecule has 128 valence electrons. The molecule has 2 heterocycles. The highest BCUT2D eigenvalue weighted by Gasteiger charge is 2.12. The SMILES string of the molecule is Nc1cccc(N)c1-c1cc(-n2ccnc2-c2ccc(F)cc2)ccn1. The van der Waals surface area contributed by atoms with Gasteiger partial charge in [0.25, 0.3) is 0 Å². The van der Waals surface area contributed by atoms with Crippen molar-refractivity contribution >= 4 is 11.4 Å². The Labute approximate surface area is 149 Å². The van der Waals surface area contributed by atoms with E-state index in [0.29, 0.717) is 28.5 Å². The highest BCUT2D eigenvalue weighted by Crippen LogP contribution is 2.31. The summed E-state index contributed by atoms with van der Waals surface area (Å²) in [4.78, 5) is 8.81. The number of halogens is 1. The summed E-state index contributed by atoms with van der Waals surface area (Å²) in [5, 5.41) is 0. The van der Waals surface area contributed by atoms with Gasteiger partial charge < -0.3 is 11.5 Å². The van der Waals surface area contributed by atoms with E-state index in [4.69, 9.17) is 11.5 Å². The smallest absolute Gasteiger partial charge is 0.144 e. The molecular formula is C20H16FN5. The zero-order chi connectivity index (χ0) is 18.1. The zero-order valence-electron chi connectivity index (χ0n) is 13.8. The van der Waals surface area contributed by atoms with Gasteiger partial charge in [0.05, 0.1) is 11.4 Å². The van der Waals surface area contributed by atoms with Crippen LogP contribution >= 0.6 is 0 Å². The van der Waals surface area contributed by atoms with E-state index in [0.717, 1.165) is 11.3 Å². The van der Waals surface area contributed by atoms with E-state index in [-0.39, 0.29) is 5.82 Å². The highest BCUT2D eigenvalue weighted by molar-refractivity contribution is 5.85. The number of imidazole rings is 1. The van der Waals surface area contributed by atoms with Gasteiger partial charge in [-0.15, -0.1) is 0 Å². The van der Waals surface area contributed by atoms with Gasteiger partial charge >= 0.3 is 0 Å². The lowest BCUT2D eigenvalue weighted by Crippen LogP contribution is -2.00. The predicted octanol–water partition coefficient (Wildman–Crippen LogP) is 3.90. The summed E-state index contributed by atoms with van der Waals surface area (Å²) in [6, 6.07) is 15.4. The Morgan fingerprint density at radius 3 is 2.31 bits per heavy atom. The van der Waals surface area contributed by atoms with E-state index in [1.165, 1.54) is 12.1 Å². The van der Waals surface area contributed by atoms with Gasteiger partial charge in [0.2, 0.25) is 0 Å². The summed E-state index contributed by atoms with van der Waals surface area (Å²) in [6.45, 7) is 0. The van der Waals surface area contributed by atoms with Crippen LogP contribution in [0, 0.1) is 5.82 Å². The van der Waals surface area contributed by atoms with Gasteiger partial charge in [-0.1, -0.05) is 6.07 Å². The van der Waals surface area contributed by atoms with Crippen LogP contribution in [0.5, 0.6) is 0 Å². The number of anilines is 2. The Morgan fingerprint density at radius 1 is 0.846 bits per heavy atom. The van der Waals surface area contributed by atoms with E-state index in [9.17, 15) is 4.39 Å². The van der Waals surface area contributed by atoms with Crippen LogP contribution in [-0.4, -0.2) is 14.5 Å².